The highest BCUT2D eigenvalue weighted by molar-refractivity contribution is 9.10. The second kappa shape index (κ2) is 3.18. The summed E-state index contributed by atoms with van der Waals surface area (Å²) in [6.45, 7) is 0. The number of benzene rings is 1. The highest BCUT2D eigenvalue weighted by Crippen LogP contribution is 2.24. The van der Waals surface area contributed by atoms with Crippen molar-refractivity contribution in [3.63, 3.8) is 0 Å². The molecule has 3 nitrogen and oxygen atoms in total. The van der Waals surface area contributed by atoms with Crippen LogP contribution in [0.2, 0.25) is 5.15 Å². The van der Waals surface area contributed by atoms with E-state index in [0.717, 1.165) is 15.6 Å². The van der Waals surface area contributed by atoms with Gasteiger partial charge in [-0.15, -0.1) is 0 Å². The molecular weight excluding hydrogens is 277 g/mol. The third-order valence-electron chi connectivity index (χ3n) is 2.24. The van der Waals surface area contributed by atoms with E-state index in [4.69, 9.17) is 11.6 Å². The second-order valence-corrected chi connectivity index (χ2v) is 4.30. The zero-order chi connectivity index (χ0) is 10.4. The largest absolute Gasteiger partial charge is 0.282 e. The number of para-hydroxylation sites is 2. The van der Waals surface area contributed by atoms with Crippen molar-refractivity contribution in [2.75, 3.05) is 0 Å². The fraction of sp³-hybridized carbons (Fsp3) is 0. The number of hydrogen-bond donors (Lipinski definition) is 0. The zero-order valence-corrected chi connectivity index (χ0v) is 9.83. The van der Waals surface area contributed by atoms with Gasteiger partial charge in [-0.3, -0.25) is 4.40 Å². The first-order valence-electron chi connectivity index (χ1n) is 4.34. The molecule has 0 atom stereocenters. The molecule has 0 radical (unpaired) electrons. The molecule has 0 aliphatic carbocycles. The molecule has 3 rings (SSSR count). The van der Waals surface area contributed by atoms with Crippen LogP contribution >= 0.6 is 27.5 Å². The minimum atomic E-state index is 0.416. The Hall–Kier alpha value is -1.13. The van der Waals surface area contributed by atoms with Gasteiger partial charge in [-0.1, -0.05) is 23.7 Å². The SMILES string of the molecule is Clc1nc2ccccc2n2c(Br)cnc12. The summed E-state index contributed by atoms with van der Waals surface area (Å²) < 4.78 is 2.81. The number of rotatable bonds is 0. The summed E-state index contributed by atoms with van der Waals surface area (Å²) in [6, 6.07) is 7.80. The lowest BCUT2D eigenvalue weighted by Gasteiger charge is -2.03. The van der Waals surface area contributed by atoms with Gasteiger partial charge >= 0.3 is 0 Å². The van der Waals surface area contributed by atoms with Gasteiger partial charge in [0, 0.05) is 0 Å². The number of hydrogen-bond acceptors (Lipinski definition) is 2. The van der Waals surface area contributed by atoms with Crippen molar-refractivity contribution in [3.05, 3.63) is 40.2 Å². The first-order valence-corrected chi connectivity index (χ1v) is 5.51. The lowest BCUT2D eigenvalue weighted by molar-refractivity contribution is 1.18. The highest BCUT2D eigenvalue weighted by Gasteiger charge is 2.09. The number of nitrogens with zero attached hydrogens (tertiary/aromatic N) is 3. The van der Waals surface area contributed by atoms with Gasteiger partial charge in [-0.2, -0.15) is 0 Å². The molecule has 0 unspecified atom stereocenters. The molecule has 2 heterocycles. The molecule has 74 valence electrons. The van der Waals surface area contributed by atoms with Crippen LogP contribution in [0.3, 0.4) is 0 Å². The smallest absolute Gasteiger partial charge is 0.176 e. The standard InChI is InChI=1S/C10H5BrClN3/c11-8-5-13-10-9(12)14-6-3-1-2-4-7(6)15(8)10/h1-5H. The Morgan fingerprint density at radius 3 is 2.93 bits per heavy atom. The summed E-state index contributed by atoms with van der Waals surface area (Å²) in [4.78, 5) is 8.47. The van der Waals surface area contributed by atoms with Crippen LogP contribution in [0.1, 0.15) is 0 Å². The summed E-state index contributed by atoms with van der Waals surface area (Å²) in [5.41, 5.74) is 2.51. The fourth-order valence-electron chi connectivity index (χ4n) is 1.61. The third kappa shape index (κ3) is 1.25. The highest BCUT2D eigenvalue weighted by atomic mass is 79.9. The van der Waals surface area contributed by atoms with E-state index in [9.17, 15) is 0 Å². The van der Waals surface area contributed by atoms with Gasteiger partial charge in [0.1, 0.15) is 4.60 Å². The van der Waals surface area contributed by atoms with Gasteiger partial charge in [0.15, 0.2) is 10.8 Å². The molecule has 0 N–H and O–H groups in total. The number of aromatic nitrogens is 3. The monoisotopic (exact) mass is 281 g/mol. The molecule has 0 saturated heterocycles. The molecule has 3 aromatic rings. The Bertz CT molecular complexity index is 662. The van der Waals surface area contributed by atoms with E-state index >= 15 is 0 Å². The molecular formula is C10H5BrClN3. The van der Waals surface area contributed by atoms with Crippen molar-refractivity contribution in [3.8, 4) is 0 Å². The van der Waals surface area contributed by atoms with E-state index in [1.807, 2.05) is 28.7 Å². The molecule has 0 fully saturated rings. The topological polar surface area (TPSA) is 30.2 Å². The molecule has 0 aliphatic rings. The van der Waals surface area contributed by atoms with Crippen LogP contribution < -0.4 is 0 Å². The predicted octanol–water partition coefficient (Wildman–Crippen LogP) is 3.30. The molecule has 0 spiro atoms. The maximum absolute atomic E-state index is 6.03. The van der Waals surface area contributed by atoms with Crippen molar-refractivity contribution < 1.29 is 0 Å². The van der Waals surface area contributed by atoms with Crippen LogP contribution in [0.5, 0.6) is 0 Å². The quantitative estimate of drug-likeness (QED) is 0.633. The first-order chi connectivity index (χ1) is 7.27. The summed E-state index contributed by atoms with van der Waals surface area (Å²) in [5, 5.41) is 0.416. The lowest BCUT2D eigenvalue weighted by atomic mass is 10.3. The minimum absolute atomic E-state index is 0.416. The van der Waals surface area contributed by atoms with E-state index in [1.165, 1.54) is 0 Å². The molecule has 0 amide bonds. The third-order valence-corrected chi connectivity index (χ3v) is 3.06. The molecule has 1 aromatic carbocycles. The van der Waals surface area contributed by atoms with Crippen LogP contribution in [-0.4, -0.2) is 14.4 Å². The van der Waals surface area contributed by atoms with Crippen LogP contribution in [0, 0.1) is 0 Å². The van der Waals surface area contributed by atoms with Gasteiger partial charge in [0.25, 0.3) is 0 Å². The Balaban J connectivity index is 2.67. The molecule has 0 saturated carbocycles. The van der Waals surface area contributed by atoms with Crippen LogP contribution in [0.15, 0.2) is 35.1 Å². The molecule has 0 aliphatic heterocycles. The maximum Gasteiger partial charge on any atom is 0.176 e. The Morgan fingerprint density at radius 1 is 1.27 bits per heavy atom. The van der Waals surface area contributed by atoms with Crippen LogP contribution in [-0.2, 0) is 0 Å². The van der Waals surface area contributed by atoms with Crippen molar-refractivity contribution in [1.29, 1.82) is 0 Å². The summed E-state index contributed by atoms with van der Waals surface area (Å²) in [7, 11) is 0. The molecule has 2 aromatic heterocycles. The van der Waals surface area contributed by atoms with Crippen molar-refractivity contribution in [2.24, 2.45) is 0 Å². The van der Waals surface area contributed by atoms with Gasteiger partial charge in [-0.25, -0.2) is 9.97 Å². The van der Waals surface area contributed by atoms with Gasteiger partial charge in [-0.05, 0) is 28.1 Å². The molecule has 0 bridgehead atoms. The zero-order valence-electron chi connectivity index (χ0n) is 7.48. The van der Waals surface area contributed by atoms with Crippen molar-refractivity contribution in [2.45, 2.75) is 0 Å². The van der Waals surface area contributed by atoms with E-state index in [-0.39, 0.29) is 0 Å². The number of imidazole rings is 1. The van der Waals surface area contributed by atoms with Gasteiger partial charge < -0.3 is 0 Å². The van der Waals surface area contributed by atoms with Crippen LogP contribution in [0.4, 0.5) is 0 Å². The normalized spacial score (nSPS) is 11.3. The van der Waals surface area contributed by atoms with Crippen LogP contribution in [0.25, 0.3) is 16.7 Å². The summed E-state index contributed by atoms with van der Waals surface area (Å²) >= 11 is 9.47. The molecule has 5 heteroatoms. The fourth-order valence-corrected chi connectivity index (χ4v) is 2.30. The number of halogens is 2. The number of fused-ring (bicyclic) bond motifs is 3. The van der Waals surface area contributed by atoms with E-state index in [0.29, 0.717) is 10.8 Å². The average Bonchev–Trinajstić information content (AvgIpc) is 2.62. The Morgan fingerprint density at radius 2 is 2.07 bits per heavy atom. The second-order valence-electron chi connectivity index (χ2n) is 3.13. The summed E-state index contributed by atoms with van der Waals surface area (Å²) in [5.74, 6) is 0. The Labute approximate surface area is 98.8 Å². The van der Waals surface area contributed by atoms with E-state index < -0.39 is 0 Å². The maximum atomic E-state index is 6.03. The van der Waals surface area contributed by atoms with Crippen molar-refractivity contribution in [1.82, 2.24) is 14.4 Å². The predicted molar refractivity (Wildman–Crippen MR) is 63.2 cm³/mol. The van der Waals surface area contributed by atoms with E-state index in [1.54, 1.807) is 6.20 Å². The average molecular weight is 283 g/mol. The minimum Gasteiger partial charge on any atom is -0.282 e. The van der Waals surface area contributed by atoms with Gasteiger partial charge in [0.2, 0.25) is 0 Å². The molecule has 15 heavy (non-hydrogen) atoms. The Kier molecular flexibility index (Phi) is 1.94. The lowest BCUT2D eigenvalue weighted by Crippen LogP contribution is -1.92. The van der Waals surface area contributed by atoms with Gasteiger partial charge in [0.05, 0.1) is 17.2 Å². The first kappa shape index (κ1) is 9.12. The van der Waals surface area contributed by atoms with Crippen molar-refractivity contribution >= 4 is 44.2 Å². The van der Waals surface area contributed by atoms with E-state index in [2.05, 4.69) is 25.9 Å². The summed E-state index contributed by atoms with van der Waals surface area (Å²) in [6.07, 6.45) is 1.72.